The van der Waals surface area contributed by atoms with Crippen LogP contribution in [0.5, 0.6) is 0 Å². The third kappa shape index (κ3) is 1.29. The number of aromatic nitrogens is 3. The van der Waals surface area contributed by atoms with Gasteiger partial charge in [0.25, 0.3) is 0 Å². The molecule has 68 valence electrons. The Kier molecular flexibility index (Phi) is 1.88. The maximum absolute atomic E-state index is 8.62. The van der Waals surface area contributed by atoms with Crippen LogP contribution in [0.4, 0.5) is 5.69 Å². The number of nitrogen functional groups attached to an aromatic ring is 1. The largest absolute Gasteiger partial charge is 0.396 e. The molecule has 0 aliphatic carbocycles. The summed E-state index contributed by atoms with van der Waals surface area (Å²) >= 11 is 0. The summed E-state index contributed by atoms with van der Waals surface area (Å²) < 4.78 is 1.55. The van der Waals surface area contributed by atoms with Crippen LogP contribution in [-0.4, -0.2) is 14.8 Å². The number of hydrogen-bond acceptors (Lipinski definition) is 4. The van der Waals surface area contributed by atoms with Crippen molar-refractivity contribution in [1.29, 1.82) is 5.26 Å². The SMILES string of the molecule is N#Cc1cnc(-n2cccn2)c(N)c1. The first-order valence-electron chi connectivity index (χ1n) is 3.97. The second-order valence-corrected chi connectivity index (χ2v) is 2.70. The van der Waals surface area contributed by atoms with Gasteiger partial charge in [0.05, 0.1) is 11.3 Å². The van der Waals surface area contributed by atoms with Crippen molar-refractivity contribution in [3.05, 3.63) is 36.3 Å². The lowest BCUT2D eigenvalue weighted by atomic mass is 10.3. The van der Waals surface area contributed by atoms with Gasteiger partial charge in [0, 0.05) is 18.6 Å². The van der Waals surface area contributed by atoms with Crippen LogP contribution in [0, 0.1) is 11.3 Å². The summed E-state index contributed by atoms with van der Waals surface area (Å²) in [5, 5.41) is 12.6. The zero-order valence-corrected chi connectivity index (χ0v) is 7.25. The summed E-state index contributed by atoms with van der Waals surface area (Å²) in [5.41, 5.74) is 6.59. The molecule has 0 unspecified atom stereocenters. The molecule has 0 radical (unpaired) electrons. The summed E-state index contributed by atoms with van der Waals surface area (Å²) in [6.07, 6.45) is 4.84. The number of rotatable bonds is 1. The van der Waals surface area contributed by atoms with E-state index in [1.807, 2.05) is 6.07 Å². The molecule has 0 aromatic carbocycles. The van der Waals surface area contributed by atoms with Crippen LogP contribution in [0.15, 0.2) is 30.7 Å². The van der Waals surface area contributed by atoms with E-state index in [0.29, 0.717) is 17.1 Å². The molecule has 0 atom stereocenters. The molecule has 5 heteroatoms. The zero-order chi connectivity index (χ0) is 9.97. The fraction of sp³-hybridized carbons (Fsp3) is 0. The lowest BCUT2D eigenvalue weighted by Gasteiger charge is -2.03. The Hall–Kier alpha value is -2.35. The second kappa shape index (κ2) is 3.18. The van der Waals surface area contributed by atoms with E-state index in [1.54, 1.807) is 29.2 Å². The number of nitriles is 1. The number of anilines is 1. The Bertz CT molecular complexity index is 480. The average Bonchev–Trinajstić information content (AvgIpc) is 2.70. The van der Waals surface area contributed by atoms with Crippen LogP contribution >= 0.6 is 0 Å². The molecule has 0 aliphatic rings. The standard InChI is InChI=1S/C9H7N5/c10-5-7-4-8(11)9(12-6-7)14-3-1-2-13-14/h1-4,6H,11H2. The lowest BCUT2D eigenvalue weighted by Crippen LogP contribution is -2.03. The quantitative estimate of drug-likeness (QED) is 0.709. The van der Waals surface area contributed by atoms with Gasteiger partial charge in [-0.3, -0.25) is 0 Å². The molecular formula is C9H7N5. The van der Waals surface area contributed by atoms with Crippen molar-refractivity contribution in [3.63, 3.8) is 0 Å². The zero-order valence-electron chi connectivity index (χ0n) is 7.25. The molecule has 2 heterocycles. The first-order chi connectivity index (χ1) is 6.81. The van der Waals surface area contributed by atoms with Gasteiger partial charge in [0.2, 0.25) is 0 Å². The highest BCUT2D eigenvalue weighted by atomic mass is 15.3. The third-order valence-corrected chi connectivity index (χ3v) is 1.75. The third-order valence-electron chi connectivity index (χ3n) is 1.75. The van der Waals surface area contributed by atoms with Gasteiger partial charge in [-0.1, -0.05) is 0 Å². The molecule has 0 saturated carbocycles. The number of nitrogens with zero attached hydrogens (tertiary/aromatic N) is 4. The van der Waals surface area contributed by atoms with Crippen LogP contribution in [0.2, 0.25) is 0 Å². The van der Waals surface area contributed by atoms with Crippen molar-refractivity contribution in [3.8, 4) is 11.9 Å². The number of hydrogen-bond donors (Lipinski definition) is 1. The Morgan fingerprint density at radius 3 is 2.93 bits per heavy atom. The summed E-state index contributed by atoms with van der Waals surface area (Å²) in [5.74, 6) is 0.536. The van der Waals surface area contributed by atoms with Gasteiger partial charge in [-0.2, -0.15) is 10.4 Å². The smallest absolute Gasteiger partial charge is 0.176 e. The molecule has 14 heavy (non-hydrogen) atoms. The van der Waals surface area contributed by atoms with Crippen LogP contribution in [0.25, 0.3) is 5.82 Å². The minimum atomic E-state index is 0.438. The van der Waals surface area contributed by atoms with Crippen molar-refractivity contribution >= 4 is 5.69 Å². The summed E-state index contributed by atoms with van der Waals surface area (Å²) in [6, 6.07) is 5.32. The first kappa shape index (κ1) is 8.26. The summed E-state index contributed by atoms with van der Waals surface area (Å²) in [6.45, 7) is 0. The van der Waals surface area contributed by atoms with Gasteiger partial charge in [-0.25, -0.2) is 9.67 Å². The fourth-order valence-corrected chi connectivity index (χ4v) is 1.12. The fourth-order valence-electron chi connectivity index (χ4n) is 1.12. The predicted octanol–water partition coefficient (Wildman–Crippen LogP) is 0.721. The van der Waals surface area contributed by atoms with E-state index in [1.165, 1.54) is 6.20 Å². The highest BCUT2D eigenvalue weighted by Crippen LogP contribution is 2.13. The van der Waals surface area contributed by atoms with E-state index in [0.717, 1.165) is 0 Å². The van der Waals surface area contributed by atoms with Crippen molar-refractivity contribution < 1.29 is 0 Å². The van der Waals surface area contributed by atoms with Gasteiger partial charge in [0.1, 0.15) is 6.07 Å². The molecule has 0 fully saturated rings. The molecule has 0 spiro atoms. The van der Waals surface area contributed by atoms with Gasteiger partial charge in [0.15, 0.2) is 5.82 Å². The predicted molar refractivity (Wildman–Crippen MR) is 50.5 cm³/mol. The van der Waals surface area contributed by atoms with E-state index in [-0.39, 0.29) is 0 Å². The molecule has 5 nitrogen and oxygen atoms in total. The van der Waals surface area contributed by atoms with Crippen molar-refractivity contribution in [2.45, 2.75) is 0 Å². The van der Waals surface area contributed by atoms with Crippen LogP contribution in [0.1, 0.15) is 5.56 Å². The molecular weight excluding hydrogens is 178 g/mol. The number of nitrogens with two attached hydrogens (primary N) is 1. The monoisotopic (exact) mass is 185 g/mol. The normalized spacial score (nSPS) is 9.64. The van der Waals surface area contributed by atoms with Gasteiger partial charge in [-0.05, 0) is 12.1 Å². The molecule has 2 rings (SSSR count). The van der Waals surface area contributed by atoms with Crippen LogP contribution < -0.4 is 5.73 Å². The van der Waals surface area contributed by atoms with Gasteiger partial charge in [-0.15, -0.1) is 0 Å². The maximum atomic E-state index is 8.62. The summed E-state index contributed by atoms with van der Waals surface area (Å²) in [7, 11) is 0. The van der Waals surface area contributed by atoms with E-state index in [2.05, 4.69) is 10.1 Å². The minimum Gasteiger partial charge on any atom is -0.396 e. The molecule has 0 saturated heterocycles. The lowest BCUT2D eigenvalue weighted by molar-refractivity contribution is 0.849. The summed E-state index contributed by atoms with van der Waals surface area (Å²) in [4.78, 5) is 4.04. The number of pyridine rings is 1. The van der Waals surface area contributed by atoms with E-state index < -0.39 is 0 Å². The van der Waals surface area contributed by atoms with Crippen LogP contribution in [0.3, 0.4) is 0 Å². The van der Waals surface area contributed by atoms with Crippen molar-refractivity contribution in [2.75, 3.05) is 5.73 Å². The highest BCUT2D eigenvalue weighted by Gasteiger charge is 2.03. The van der Waals surface area contributed by atoms with E-state index >= 15 is 0 Å². The Balaban J connectivity index is 2.52. The topological polar surface area (TPSA) is 80.5 Å². The van der Waals surface area contributed by atoms with Gasteiger partial charge < -0.3 is 5.73 Å². The average molecular weight is 185 g/mol. The Labute approximate surface area is 80.4 Å². The molecule has 2 N–H and O–H groups in total. The maximum Gasteiger partial charge on any atom is 0.176 e. The van der Waals surface area contributed by atoms with E-state index in [9.17, 15) is 0 Å². The minimum absolute atomic E-state index is 0.438. The second-order valence-electron chi connectivity index (χ2n) is 2.70. The van der Waals surface area contributed by atoms with Crippen molar-refractivity contribution in [1.82, 2.24) is 14.8 Å². The molecule has 0 aliphatic heterocycles. The highest BCUT2D eigenvalue weighted by molar-refractivity contribution is 5.55. The molecule has 2 aromatic heterocycles. The first-order valence-corrected chi connectivity index (χ1v) is 3.97. The van der Waals surface area contributed by atoms with E-state index in [4.69, 9.17) is 11.0 Å². The Morgan fingerprint density at radius 2 is 2.36 bits per heavy atom. The Morgan fingerprint density at radius 1 is 1.50 bits per heavy atom. The molecule has 0 bridgehead atoms. The molecule has 2 aromatic rings. The van der Waals surface area contributed by atoms with Crippen molar-refractivity contribution in [2.24, 2.45) is 0 Å². The molecule has 0 amide bonds. The van der Waals surface area contributed by atoms with Crippen LogP contribution in [-0.2, 0) is 0 Å². The van der Waals surface area contributed by atoms with Gasteiger partial charge >= 0.3 is 0 Å².